The average molecular weight is 623 g/mol. The van der Waals surface area contributed by atoms with E-state index in [1.54, 1.807) is 24.3 Å². The van der Waals surface area contributed by atoms with Gasteiger partial charge in [0.2, 0.25) is 11.8 Å². The minimum absolute atomic E-state index is 0. The summed E-state index contributed by atoms with van der Waals surface area (Å²) in [6, 6.07) is 13.8. The van der Waals surface area contributed by atoms with Crippen LogP contribution in [-0.2, 0) is 19.7 Å². The van der Waals surface area contributed by atoms with Crippen LogP contribution >= 0.6 is 0 Å². The molecule has 218 valence electrons. The van der Waals surface area contributed by atoms with Crippen molar-refractivity contribution in [2.45, 2.75) is 42.7 Å². The zero-order valence-corrected chi connectivity index (χ0v) is 27.2. The monoisotopic (exact) mass is 622 g/mol. The predicted octanol–water partition coefficient (Wildman–Crippen LogP) is -1.95. The first-order chi connectivity index (χ1) is 19.6. The minimum Gasteiger partial charge on any atom is -0.746 e. The standard InChI is InChI=1S/C28H32N4O8S.K/c1-40-24-9-5-8-20-19(24)14-21(30-20)27(35)32-15-18(16-6-3-2-4-7-16)13-23(32)26(34)31-22(28(36)41(37,38)39)12-17-10-11-29-25(17)33;/h2-9,14,17-18,22-23,28,30,36H,10-13,15H2,1H3,(H,29,33)(H,31,34)(H,37,38,39);/q;+1/p-1. The Kier molecular flexibility index (Phi) is 10.5. The van der Waals surface area contributed by atoms with Gasteiger partial charge in [0, 0.05) is 35.8 Å². The third-order valence-electron chi connectivity index (χ3n) is 7.88. The average Bonchev–Trinajstić information content (AvgIpc) is 3.70. The number of nitrogens with zero attached hydrogens (tertiary/aromatic N) is 1. The van der Waals surface area contributed by atoms with Gasteiger partial charge in [-0.3, -0.25) is 14.4 Å². The van der Waals surface area contributed by atoms with Gasteiger partial charge in [-0.05, 0) is 43.0 Å². The molecule has 0 spiro atoms. The molecule has 2 aliphatic rings. The Bertz CT molecular complexity index is 1560. The van der Waals surface area contributed by atoms with E-state index >= 15 is 0 Å². The second-order valence-corrected chi connectivity index (χ2v) is 11.9. The molecule has 1 aromatic heterocycles. The molecule has 2 aromatic carbocycles. The predicted molar refractivity (Wildman–Crippen MR) is 147 cm³/mol. The van der Waals surface area contributed by atoms with Gasteiger partial charge in [0.05, 0.1) is 13.2 Å². The van der Waals surface area contributed by atoms with Crippen LogP contribution in [0.4, 0.5) is 0 Å². The Balaban J connectivity index is 0.00000405. The zero-order chi connectivity index (χ0) is 29.3. The summed E-state index contributed by atoms with van der Waals surface area (Å²) >= 11 is 0. The van der Waals surface area contributed by atoms with E-state index in [2.05, 4.69) is 15.6 Å². The molecule has 2 fully saturated rings. The number of carbonyl (C=O) groups is 3. The van der Waals surface area contributed by atoms with E-state index in [9.17, 15) is 32.5 Å². The largest absolute Gasteiger partial charge is 1.00 e. The Morgan fingerprint density at radius 2 is 1.93 bits per heavy atom. The molecule has 0 saturated carbocycles. The molecule has 5 rings (SSSR count). The zero-order valence-electron chi connectivity index (χ0n) is 23.3. The third-order valence-corrected chi connectivity index (χ3v) is 8.80. The molecule has 42 heavy (non-hydrogen) atoms. The molecule has 4 N–H and O–H groups in total. The molecule has 0 radical (unpaired) electrons. The van der Waals surface area contributed by atoms with E-state index < -0.39 is 45.4 Å². The molecule has 0 bridgehead atoms. The molecule has 14 heteroatoms. The molecule has 2 saturated heterocycles. The van der Waals surface area contributed by atoms with E-state index in [1.165, 1.54) is 12.0 Å². The molecule has 3 amide bonds. The van der Waals surface area contributed by atoms with Crippen LogP contribution in [0.5, 0.6) is 5.75 Å². The van der Waals surface area contributed by atoms with Crippen molar-refractivity contribution in [1.29, 1.82) is 0 Å². The summed E-state index contributed by atoms with van der Waals surface area (Å²) in [4.78, 5) is 44.2. The fourth-order valence-electron chi connectivity index (χ4n) is 5.75. The topological polar surface area (TPSA) is 181 Å². The Morgan fingerprint density at radius 3 is 2.57 bits per heavy atom. The maximum atomic E-state index is 13.8. The number of hydrogen-bond acceptors (Lipinski definition) is 8. The van der Waals surface area contributed by atoms with Gasteiger partial charge in [0.25, 0.3) is 5.91 Å². The number of aliphatic hydroxyl groups excluding tert-OH is 1. The number of ether oxygens (including phenoxy) is 1. The number of carbonyl (C=O) groups excluding carboxylic acids is 3. The van der Waals surface area contributed by atoms with Crippen LogP contribution < -0.4 is 66.8 Å². The molecule has 3 heterocycles. The van der Waals surface area contributed by atoms with Gasteiger partial charge in [-0.15, -0.1) is 0 Å². The fourth-order valence-corrected chi connectivity index (χ4v) is 6.34. The molecular formula is C28H31KN4O8S. The summed E-state index contributed by atoms with van der Waals surface area (Å²) < 4.78 is 40.6. The van der Waals surface area contributed by atoms with E-state index in [4.69, 9.17) is 4.74 Å². The number of aromatic amines is 1. The first kappa shape index (κ1) is 32.6. The number of aromatic nitrogens is 1. The van der Waals surface area contributed by atoms with E-state index in [1.807, 2.05) is 30.3 Å². The molecule has 12 nitrogen and oxygen atoms in total. The number of benzene rings is 2. The number of amides is 3. The Labute approximate surface area is 285 Å². The second kappa shape index (κ2) is 13.6. The first-order valence-corrected chi connectivity index (χ1v) is 14.8. The van der Waals surface area contributed by atoms with Gasteiger partial charge in [0.15, 0.2) is 5.44 Å². The van der Waals surface area contributed by atoms with Crippen LogP contribution in [-0.4, -0.2) is 83.4 Å². The second-order valence-electron chi connectivity index (χ2n) is 10.4. The number of rotatable bonds is 9. The van der Waals surface area contributed by atoms with Gasteiger partial charge in [-0.1, -0.05) is 36.4 Å². The third kappa shape index (κ3) is 6.91. The van der Waals surface area contributed by atoms with Gasteiger partial charge in [-0.25, -0.2) is 8.42 Å². The first-order valence-electron chi connectivity index (χ1n) is 13.3. The maximum Gasteiger partial charge on any atom is 1.00 e. The number of aliphatic hydroxyl groups is 1. The normalized spacial score (nSPS) is 21.8. The number of likely N-dealkylation sites (tertiary alicyclic amines) is 1. The van der Waals surface area contributed by atoms with Crippen molar-refractivity contribution in [2.24, 2.45) is 5.92 Å². The summed E-state index contributed by atoms with van der Waals surface area (Å²) in [6.07, 6.45) is 0.345. The van der Waals surface area contributed by atoms with Gasteiger partial charge >= 0.3 is 51.4 Å². The Hall–Kier alpha value is -2.30. The quantitative estimate of drug-likeness (QED) is 0.157. The fraction of sp³-hybridized carbons (Fsp3) is 0.393. The Morgan fingerprint density at radius 1 is 1.19 bits per heavy atom. The van der Waals surface area contributed by atoms with E-state index in [0.717, 1.165) is 5.56 Å². The molecule has 5 unspecified atom stereocenters. The van der Waals surface area contributed by atoms with Gasteiger partial charge in [0.1, 0.15) is 27.6 Å². The molecule has 0 aliphatic carbocycles. The van der Waals surface area contributed by atoms with Gasteiger partial charge in [-0.2, -0.15) is 0 Å². The van der Waals surface area contributed by atoms with Crippen molar-refractivity contribution in [2.75, 3.05) is 20.2 Å². The molecular weight excluding hydrogens is 591 g/mol. The number of fused-ring (bicyclic) bond motifs is 1. The van der Waals surface area contributed by atoms with Crippen molar-refractivity contribution in [3.05, 3.63) is 65.9 Å². The van der Waals surface area contributed by atoms with Crippen LogP contribution in [0.15, 0.2) is 54.6 Å². The summed E-state index contributed by atoms with van der Waals surface area (Å²) in [5.41, 5.74) is -0.639. The van der Waals surface area contributed by atoms with Crippen molar-refractivity contribution in [1.82, 2.24) is 20.5 Å². The SMILES string of the molecule is COc1cccc2[nH]c(C(=O)N3CC(c4ccccc4)CC3C(=O)NC(CC3CCNC3=O)C(O)S(=O)(=O)[O-])cc12.[K+]. The van der Waals surface area contributed by atoms with Crippen LogP contribution in [0.25, 0.3) is 10.9 Å². The number of H-pyrrole nitrogens is 1. The smallest absolute Gasteiger partial charge is 0.746 e. The molecule has 5 atom stereocenters. The number of nitrogens with one attached hydrogen (secondary N) is 3. The van der Waals surface area contributed by atoms with Crippen LogP contribution in [0.3, 0.4) is 0 Å². The maximum absolute atomic E-state index is 13.8. The molecule has 3 aromatic rings. The number of methoxy groups -OCH3 is 1. The van der Waals surface area contributed by atoms with Crippen LogP contribution in [0.2, 0.25) is 0 Å². The van der Waals surface area contributed by atoms with Gasteiger partial charge < -0.3 is 34.9 Å². The van der Waals surface area contributed by atoms with E-state index in [-0.39, 0.29) is 88.3 Å². The summed E-state index contributed by atoms with van der Waals surface area (Å²) in [5.74, 6) is -1.85. The summed E-state index contributed by atoms with van der Waals surface area (Å²) in [5, 5.41) is 16.2. The summed E-state index contributed by atoms with van der Waals surface area (Å²) in [7, 11) is -3.69. The van der Waals surface area contributed by atoms with E-state index in [0.29, 0.717) is 29.6 Å². The number of hydrogen-bond donors (Lipinski definition) is 4. The van der Waals surface area contributed by atoms with Crippen molar-refractivity contribution < 1.29 is 88.6 Å². The van der Waals surface area contributed by atoms with Crippen molar-refractivity contribution >= 4 is 38.7 Å². The summed E-state index contributed by atoms with van der Waals surface area (Å²) in [6.45, 7) is 0.564. The van der Waals surface area contributed by atoms with Crippen molar-refractivity contribution in [3.63, 3.8) is 0 Å². The van der Waals surface area contributed by atoms with Crippen LogP contribution in [0, 0.1) is 5.92 Å². The van der Waals surface area contributed by atoms with Crippen molar-refractivity contribution in [3.8, 4) is 5.75 Å². The van der Waals surface area contributed by atoms with Crippen LogP contribution in [0.1, 0.15) is 41.2 Å². The minimum atomic E-state index is -5.22. The molecule has 2 aliphatic heterocycles.